The van der Waals surface area contributed by atoms with Gasteiger partial charge in [-0.3, -0.25) is 24.1 Å². The third-order valence-electron chi connectivity index (χ3n) is 4.38. The molecular formula is C20H14ClF3N2O5. The maximum Gasteiger partial charge on any atom is 0.416 e. The SMILES string of the molecule is CC(=O)OCC(=O)Nc1cccc2c1C(=O)N(Cc1cc(C(F)(F)F)ccc1Cl)C2=O. The Morgan fingerprint density at radius 1 is 1.13 bits per heavy atom. The molecule has 0 atom stereocenters. The molecule has 7 nitrogen and oxygen atoms in total. The quantitative estimate of drug-likeness (QED) is 0.550. The van der Waals surface area contributed by atoms with E-state index in [1.54, 1.807) is 0 Å². The maximum absolute atomic E-state index is 13.0. The molecule has 0 saturated heterocycles. The molecule has 0 fully saturated rings. The van der Waals surface area contributed by atoms with Crippen LogP contribution in [0.1, 0.15) is 38.8 Å². The Kier molecular flexibility index (Phi) is 6.03. The highest BCUT2D eigenvalue weighted by Crippen LogP contribution is 2.34. The number of carbonyl (C=O) groups is 4. The molecule has 3 rings (SSSR count). The predicted molar refractivity (Wildman–Crippen MR) is 102 cm³/mol. The fraction of sp³-hybridized carbons (Fsp3) is 0.200. The Morgan fingerprint density at radius 3 is 2.48 bits per heavy atom. The predicted octanol–water partition coefficient (Wildman–Crippen LogP) is 3.66. The summed E-state index contributed by atoms with van der Waals surface area (Å²) in [6, 6.07) is 6.75. The molecule has 0 radical (unpaired) electrons. The standard InChI is InChI=1S/C20H14ClF3N2O5/c1-10(27)31-9-16(28)25-15-4-2-3-13-17(15)19(30)26(18(13)29)8-11-7-12(20(22,23)24)5-6-14(11)21/h2-7H,8-9H2,1H3,(H,25,28). The fourth-order valence-corrected chi connectivity index (χ4v) is 3.15. The van der Waals surface area contributed by atoms with Gasteiger partial charge in [0.1, 0.15) is 0 Å². The Balaban J connectivity index is 1.88. The van der Waals surface area contributed by atoms with Crippen molar-refractivity contribution in [2.45, 2.75) is 19.6 Å². The highest BCUT2D eigenvalue weighted by molar-refractivity contribution is 6.31. The number of carbonyl (C=O) groups excluding carboxylic acids is 4. The molecular weight excluding hydrogens is 441 g/mol. The second-order valence-corrected chi connectivity index (χ2v) is 6.96. The van der Waals surface area contributed by atoms with Crippen LogP contribution in [0.25, 0.3) is 0 Å². The monoisotopic (exact) mass is 454 g/mol. The van der Waals surface area contributed by atoms with Crippen LogP contribution in [0.5, 0.6) is 0 Å². The van der Waals surface area contributed by atoms with E-state index >= 15 is 0 Å². The molecule has 0 aliphatic carbocycles. The lowest BCUT2D eigenvalue weighted by Gasteiger charge is -2.17. The number of hydrogen-bond acceptors (Lipinski definition) is 5. The Bertz CT molecular complexity index is 1100. The molecule has 1 aliphatic rings. The van der Waals surface area contributed by atoms with Crippen LogP contribution in [-0.4, -0.2) is 35.2 Å². The van der Waals surface area contributed by atoms with E-state index in [0.29, 0.717) is 0 Å². The van der Waals surface area contributed by atoms with E-state index in [1.165, 1.54) is 18.2 Å². The molecule has 31 heavy (non-hydrogen) atoms. The van der Waals surface area contributed by atoms with Gasteiger partial charge < -0.3 is 10.1 Å². The number of benzene rings is 2. The Labute approximate surface area is 178 Å². The lowest BCUT2D eigenvalue weighted by atomic mass is 10.1. The normalized spacial score (nSPS) is 13.3. The van der Waals surface area contributed by atoms with E-state index in [9.17, 15) is 32.3 Å². The molecule has 11 heteroatoms. The van der Waals surface area contributed by atoms with Crippen molar-refractivity contribution >= 4 is 41.0 Å². The van der Waals surface area contributed by atoms with Gasteiger partial charge in [0.25, 0.3) is 17.7 Å². The molecule has 0 aromatic heterocycles. The highest BCUT2D eigenvalue weighted by Gasteiger charge is 2.38. The smallest absolute Gasteiger partial charge is 0.416 e. The number of halogens is 4. The van der Waals surface area contributed by atoms with Crippen LogP contribution in [0.2, 0.25) is 5.02 Å². The molecule has 2 aromatic carbocycles. The number of rotatable bonds is 5. The number of alkyl halides is 3. The largest absolute Gasteiger partial charge is 0.456 e. The minimum absolute atomic E-state index is 0.00522. The van der Waals surface area contributed by atoms with Gasteiger partial charge in [-0.25, -0.2) is 0 Å². The van der Waals surface area contributed by atoms with E-state index in [0.717, 1.165) is 30.0 Å². The zero-order valence-corrected chi connectivity index (χ0v) is 16.6. The van der Waals surface area contributed by atoms with Gasteiger partial charge in [-0.15, -0.1) is 0 Å². The van der Waals surface area contributed by atoms with Gasteiger partial charge in [0.2, 0.25) is 0 Å². The zero-order valence-electron chi connectivity index (χ0n) is 15.9. The van der Waals surface area contributed by atoms with E-state index < -0.39 is 48.6 Å². The molecule has 1 aliphatic heterocycles. The first-order valence-corrected chi connectivity index (χ1v) is 9.15. The Hall–Kier alpha value is -3.40. The summed E-state index contributed by atoms with van der Waals surface area (Å²) in [5.74, 6) is -2.96. The summed E-state index contributed by atoms with van der Waals surface area (Å²) in [6.07, 6.45) is -4.62. The summed E-state index contributed by atoms with van der Waals surface area (Å²) in [4.78, 5) is 49.1. The number of amides is 3. The molecule has 0 bridgehead atoms. The fourth-order valence-electron chi connectivity index (χ4n) is 2.98. The van der Waals surface area contributed by atoms with Gasteiger partial charge in [-0.2, -0.15) is 13.2 Å². The first-order chi connectivity index (χ1) is 14.5. The summed E-state index contributed by atoms with van der Waals surface area (Å²) >= 11 is 5.98. The van der Waals surface area contributed by atoms with E-state index in [-0.39, 0.29) is 27.4 Å². The van der Waals surface area contributed by atoms with Crippen LogP contribution in [0.4, 0.5) is 18.9 Å². The topological polar surface area (TPSA) is 92.8 Å². The average molecular weight is 455 g/mol. The van der Waals surface area contributed by atoms with Crippen molar-refractivity contribution < 1.29 is 37.1 Å². The van der Waals surface area contributed by atoms with Crippen molar-refractivity contribution in [2.24, 2.45) is 0 Å². The number of nitrogens with one attached hydrogen (secondary N) is 1. The van der Waals surface area contributed by atoms with Crippen LogP contribution in [0, 0.1) is 0 Å². The van der Waals surface area contributed by atoms with Crippen LogP contribution < -0.4 is 5.32 Å². The van der Waals surface area contributed by atoms with Gasteiger partial charge in [0.05, 0.1) is 28.9 Å². The minimum Gasteiger partial charge on any atom is -0.456 e. The van der Waals surface area contributed by atoms with Crippen molar-refractivity contribution in [3.63, 3.8) is 0 Å². The molecule has 162 valence electrons. The van der Waals surface area contributed by atoms with Gasteiger partial charge >= 0.3 is 12.1 Å². The molecule has 1 heterocycles. The Morgan fingerprint density at radius 2 is 1.84 bits per heavy atom. The van der Waals surface area contributed by atoms with Crippen molar-refractivity contribution in [2.75, 3.05) is 11.9 Å². The molecule has 0 unspecified atom stereocenters. The van der Waals surface area contributed by atoms with Crippen LogP contribution >= 0.6 is 11.6 Å². The minimum atomic E-state index is -4.62. The number of ether oxygens (including phenoxy) is 1. The van der Waals surface area contributed by atoms with Crippen molar-refractivity contribution in [1.82, 2.24) is 4.90 Å². The first-order valence-electron chi connectivity index (χ1n) is 8.77. The molecule has 0 saturated carbocycles. The summed E-state index contributed by atoms with van der Waals surface area (Å²) in [6.45, 7) is 0.0348. The van der Waals surface area contributed by atoms with E-state index in [1.807, 2.05) is 0 Å². The van der Waals surface area contributed by atoms with Crippen molar-refractivity contribution in [3.05, 3.63) is 63.7 Å². The summed E-state index contributed by atoms with van der Waals surface area (Å²) in [7, 11) is 0. The second kappa shape index (κ2) is 8.38. The van der Waals surface area contributed by atoms with Crippen molar-refractivity contribution in [3.8, 4) is 0 Å². The number of anilines is 1. The summed E-state index contributed by atoms with van der Waals surface area (Å²) in [5, 5.41) is 2.34. The number of imide groups is 1. The van der Waals surface area contributed by atoms with E-state index in [4.69, 9.17) is 11.6 Å². The van der Waals surface area contributed by atoms with Crippen LogP contribution in [-0.2, 0) is 27.0 Å². The summed E-state index contributed by atoms with van der Waals surface area (Å²) in [5.41, 5.74) is -1.18. The number of esters is 1. The van der Waals surface area contributed by atoms with Gasteiger partial charge in [-0.05, 0) is 35.9 Å². The van der Waals surface area contributed by atoms with Crippen LogP contribution in [0.15, 0.2) is 36.4 Å². The summed E-state index contributed by atoms with van der Waals surface area (Å²) < 4.78 is 43.6. The molecule has 3 amide bonds. The van der Waals surface area contributed by atoms with Crippen LogP contribution in [0.3, 0.4) is 0 Å². The lowest BCUT2D eigenvalue weighted by molar-refractivity contribution is -0.145. The van der Waals surface area contributed by atoms with Crippen molar-refractivity contribution in [1.29, 1.82) is 0 Å². The molecule has 1 N–H and O–H groups in total. The third-order valence-corrected chi connectivity index (χ3v) is 4.75. The maximum atomic E-state index is 13.0. The molecule has 0 spiro atoms. The number of fused-ring (bicyclic) bond motifs is 1. The second-order valence-electron chi connectivity index (χ2n) is 6.56. The van der Waals surface area contributed by atoms with Gasteiger partial charge in [0.15, 0.2) is 6.61 Å². The first kappa shape index (κ1) is 22.3. The lowest BCUT2D eigenvalue weighted by Crippen LogP contribution is -2.29. The van der Waals surface area contributed by atoms with E-state index in [2.05, 4.69) is 10.1 Å². The zero-order chi connectivity index (χ0) is 22.9. The number of hydrogen-bond donors (Lipinski definition) is 1. The average Bonchev–Trinajstić information content (AvgIpc) is 2.93. The highest BCUT2D eigenvalue weighted by atomic mass is 35.5. The third kappa shape index (κ3) is 4.69. The van der Waals surface area contributed by atoms with Gasteiger partial charge in [-0.1, -0.05) is 17.7 Å². The van der Waals surface area contributed by atoms with Gasteiger partial charge in [0, 0.05) is 11.9 Å². The number of nitrogens with zero attached hydrogens (tertiary/aromatic N) is 1. The molecule has 2 aromatic rings.